The van der Waals surface area contributed by atoms with Gasteiger partial charge in [0.1, 0.15) is 0 Å². The minimum Gasteiger partial charge on any atom is -0.358 e. The molecule has 0 bridgehead atoms. The lowest BCUT2D eigenvalue weighted by Crippen LogP contribution is -2.06. The zero-order valence-corrected chi connectivity index (χ0v) is 8.02. The van der Waals surface area contributed by atoms with Crippen LogP contribution in [0.4, 0.5) is 5.82 Å². The van der Waals surface area contributed by atoms with Gasteiger partial charge in [-0.15, -0.1) is 0 Å². The molecule has 0 amide bonds. The summed E-state index contributed by atoms with van der Waals surface area (Å²) < 4.78 is 1.69. The molecule has 0 unspecified atom stereocenters. The van der Waals surface area contributed by atoms with Gasteiger partial charge in [-0.2, -0.15) is 4.68 Å². The Morgan fingerprint density at radius 1 is 1.69 bits per heavy atom. The van der Waals surface area contributed by atoms with Gasteiger partial charge < -0.3 is 10.1 Å². The van der Waals surface area contributed by atoms with Crippen LogP contribution in [0.3, 0.4) is 0 Å². The summed E-state index contributed by atoms with van der Waals surface area (Å²) >= 11 is 0. The number of nitro groups is 1. The molecule has 0 fully saturated rings. The summed E-state index contributed by atoms with van der Waals surface area (Å²) in [5.74, 6) is -0.0643. The molecule has 1 aromatic heterocycles. The van der Waals surface area contributed by atoms with Gasteiger partial charge in [0.2, 0.25) is 0 Å². The Bertz CT molecular complexity index is 317. The van der Waals surface area contributed by atoms with E-state index in [1.54, 1.807) is 4.68 Å². The Morgan fingerprint density at radius 2 is 2.31 bits per heavy atom. The van der Waals surface area contributed by atoms with Crippen LogP contribution in [0.25, 0.3) is 0 Å². The largest absolute Gasteiger partial charge is 0.390 e. The Morgan fingerprint density at radius 3 is 2.62 bits per heavy atom. The molecule has 0 aliphatic rings. The molecular weight excluding hydrogens is 170 g/mol. The lowest BCUT2D eigenvalue weighted by Gasteiger charge is -2.02. The SMILES string of the molecule is CCc1cc([N+](=O)[O-])nn1C(C)C. The highest BCUT2D eigenvalue weighted by Gasteiger charge is 2.18. The monoisotopic (exact) mass is 183 g/mol. The molecule has 0 radical (unpaired) electrons. The smallest absolute Gasteiger partial charge is 0.358 e. The van der Waals surface area contributed by atoms with Crippen LogP contribution in [0.15, 0.2) is 6.07 Å². The van der Waals surface area contributed by atoms with Crippen LogP contribution >= 0.6 is 0 Å². The summed E-state index contributed by atoms with van der Waals surface area (Å²) in [7, 11) is 0. The van der Waals surface area contributed by atoms with Gasteiger partial charge in [0.15, 0.2) is 0 Å². The maximum Gasteiger partial charge on any atom is 0.390 e. The summed E-state index contributed by atoms with van der Waals surface area (Å²) in [5, 5.41) is 14.3. The molecule has 5 heteroatoms. The summed E-state index contributed by atoms with van der Waals surface area (Å²) in [6, 6.07) is 1.70. The number of rotatable bonds is 3. The minimum absolute atomic E-state index is 0.0643. The van der Waals surface area contributed by atoms with Crippen molar-refractivity contribution >= 4 is 5.82 Å². The zero-order valence-electron chi connectivity index (χ0n) is 8.02. The van der Waals surface area contributed by atoms with E-state index in [0.717, 1.165) is 12.1 Å². The Kier molecular flexibility index (Phi) is 2.65. The fraction of sp³-hybridized carbons (Fsp3) is 0.625. The third-order valence-electron chi connectivity index (χ3n) is 1.84. The van der Waals surface area contributed by atoms with E-state index in [1.807, 2.05) is 20.8 Å². The van der Waals surface area contributed by atoms with E-state index in [9.17, 15) is 10.1 Å². The van der Waals surface area contributed by atoms with E-state index in [0.29, 0.717) is 0 Å². The van der Waals surface area contributed by atoms with Gasteiger partial charge in [0.25, 0.3) is 0 Å². The predicted octanol–water partition coefficient (Wildman–Crippen LogP) is 1.93. The van der Waals surface area contributed by atoms with Crippen molar-refractivity contribution in [3.05, 3.63) is 21.9 Å². The Labute approximate surface area is 76.5 Å². The lowest BCUT2D eigenvalue weighted by atomic mass is 10.3. The van der Waals surface area contributed by atoms with Crippen molar-refractivity contribution in [2.45, 2.75) is 33.2 Å². The second kappa shape index (κ2) is 3.55. The molecule has 0 aliphatic carbocycles. The summed E-state index contributed by atoms with van der Waals surface area (Å²) in [6.07, 6.45) is 0.763. The second-order valence-corrected chi connectivity index (χ2v) is 3.14. The maximum atomic E-state index is 10.4. The van der Waals surface area contributed by atoms with Crippen LogP contribution in [0.5, 0.6) is 0 Å². The molecular formula is C8H13N3O2. The number of hydrogen-bond acceptors (Lipinski definition) is 3. The van der Waals surface area contributed by atoms with Crippen molar-refractivity contribution in [1.29, 1.82) is 0 Å². The van der Waals surface area contributed by atoms with Gasteiger partial charge in [-0.05, 0) is 25.2 Å². The van der Waals surface area contributed by atoms with E-state index in [1.165, 1.54) is 6.07 Å². The van der Waals surface area contributed by atoms with Gasteiger partial charge in [-0.1, -0.05) is 6.92 Å². The van der Waals surface area contributed by atoms with Crippen molar-refractivity contribution in [2.24, 2.45) is 0 Å². The molecule has 1 rings (SSSR count). The molecule has 0 spiro atoms. The fourth-order valence-electron chi connectivity index (χ4n) is 1.22. The highest BCUT2D eigenvalue weighted by Crippen LogP contribution is 2.16. The first-order valence-electron chi connectivity index (χ1n) is 4.29. The molecule has 0 aliphatic heterocycles. The Balaban J connectivity index is 3.11. The molecule has 0 atom stereocenters. The highest BCUT2D eigenvalue weighted by molar-refractivity contribution is 5.22. The van der Waals surface area contributed by atoms with Crippen LogP contribution in [0.2, 0.25) is 0 Å². The standard InChI is InChI=1S/C8H13N3O2/c1-4-7-5-8(11(12)13)9-10(7)6(2)3/h5-6H,4H2,1-3H3. The van der Waals surface area contributed by atoms with Gasteiger partial charge in [0, 0.05) is 0 Å². The zero-order chi connectivity index (χ0) is 10.0. The maximum absolute atomic E-state index is 10.4. The topological polar surface area (TPSA) is 61.0 Å². The van der Waals surface area contributed by atoms with E-state index in [4.69, 9.17) is 0 Å². The molecule has 0 saturated heterocycles. The van der Waals surface area contributed by atoms with E-state index < -0.39 is 4.92 Å². The number of hydrogen-bond donors (Lipinski definition) is 0. The number of aryl methyl sites for hydroxylation is 1. The second-order valence-electron chi connectivity index (χ2n) is 3.14. The lowest BCUT2D eigenvalue weighted by molar-refractivity contribution is -0.389. The molecule has 72 valence electrons. The van der Waals surface area contributed by atoms with E-state index in [2.05, 4.69) is 5.10 Å². The third-order valence-corrected chi connectivity index (χ3v) is 1.84. The van der Waals surface area contributed by atoms with Crippen molar-refractivity contribution in [3.63, 3.8) is 0 Å². The predicted molar refractivity (Wildman–Crippen MR) is 48.6 cm³/mol. The fourth-order valence-corrected chi connectivity index (χ4v) is 1.22. The van der Waals surface area contributed by atoms with E-state index in [-0.39, 0.29) is 11.9 Å². The number of nitrogens with zero attached hydrogens (tertiary/aromatic N) is 3. The first-order chi connectivity index (χ1) is 6.06. The first-order valence-corrected chi connectivity index (χ1v) is 4.29. The number of aromatic nitrogens is 2. The normalized spacial score (nSPS) is 10.8. The van der Waals surface area contributed by atoms with Crippen molar-refractivity contribution in [3.8, 4) is 0 Å². The van der Waals surface area contributed by atoms with Gasteiger partial charge in [0.05, 0.1) is 22.9 Å². The van der Waals surface area contributed by atoms with Crippen molar-refractivity contribution < 1.29 is 4.92 Å². The van der Waals surface area contributed by atoms with Crippen molar-refractivity contribution in [2.75, 3.05) is 0 Å². The quantitative estimate of drug-likeness (QED) is 0.531. The third kappa shape index (κ3) is 1.85. The average Bonchev–Trinajstić information content (AvgIpc) is 2.47. The molecule has 1 aromatic rings. The van der Waals surface area contributed by atoms with Crippen LogP contribution < -0.4 is 0 Å². The van der Waals surface area contributed by atoms with Crippen LogP contribution in [-0.2, 0) is 6.42 Å². The summed E-state index contributed by atoms with van der Waals surface area (Å²) in [5.41, 5.74) is 0.904. The molecule has 0 saturated carbocycles. The van der Waals surface area contributed by atoms with Crippen molar-refractivity contribution in [1.82, 2.24) is 9.78 Å². The molecule has 5 nitrogen and oxygen atoms in total. The minimum atomic E-state index is -0.460. The van der Waals surface area contributed by atoms with Crippen LogP contribution in [-0.4, -0.2) is 14.7 Å². The molecule has 0 N–H and O–H groups in total. The molecule has 1 heterocycles. The van der Waals surface area contributed by atoms with Gasteiger partial charge in [-0.25, -0.2) is 0 Å². The van der Waals surface area contributed by atoms with Gasteiger partial charge in [-0.3, -0.25) is 0 Å². The molecule has 13 heavy (non-hydrogen) atoms. The summed E-state index contributed by atoms with van der Waals surface area (Å²) in [6.45, 7) is 5.87. The van der Waals surface area contributed by atoms with Crippen LogP contribution in [0, 0.1) is 10.1 Å². The highest BCUT2D eigenvalue weighted by atomic mass is 16.6. The van der Waals surface area contributed by atoms with Gasteiger partial charge >= 0.3 is 5.82 Å². The first kappa shape index (κ1) is 9.70. The Hall–Kier alpha value is -1.39. The van der Waals surface area contributed by atoms with E-state index >= 15 is 0 Å². The molecule has 0 aromatic carbocycles. The van der Waals surface area contributed by atoms with Crippen LogP contribution in [0.1, 0.15) is 32.5 Å². The average molecular weight is 183 g/mol. The summed E-state index contributed by atoms with van der Waals surface area (Å²) in [4.78, 5) is 9.97.